The highest BCUT2D eigenvalue weighted by atomic mass is 32.2. The van der Waals surface area contributed by atoms with Gasteiger partial charge in [0.25, 0.3) is 11.8 Å². The smallest absolute Gasteiger partial charge is 0.270 e. The molecule has 2 aromatic heterocycles. The lowest BCUT2D eigenvalue weighted by atomic mass is 9.95. The summed E-state index contributed by atoms with van der Waals surface area (Å²) in [5.74, 6) is 1.90. The van der Waals surface area contributed by atoms with E-state index in [-0.39, 0.29) is 17.9 Å². The normalized spacial score (nSPS) is 27.3. The van der Waals surface area contributed by atoms with Gasteiger partial charge in [0.15, 0.2) is 0 Å². The first-order chi connectivity index (χ1) is 13.2. The van der Waals surface area contributed by atoms with Crippen LogP contribution in [0.1, 0.15) is 40.1 Å². The summed E-state index contributed by atoms with van der Waals surface area (Å²) in [6, 6.07) is 2.90. The zero-order valence-electron chi connectivity index (χ0n) is 14.9. The van der Waals surface area contributed by atoms with Gasteiger partial charge in [0.05, 0.1) is 10.3 Å². The Morgan fingerprint density at radius 1 is 1.26 bits per heavy atom. The summed E-state index contributed by atoms with van der Waals surface area (Å²) in [5, 5.41) is 9.41. The van der Waals surface area contributed by atoms with E-state index >= 15 is 0 Å². The molecule has 27 heavy (non-hydrogen) atoms. The monoisotopic (exact) mass is 402 g/mol. The molecule has 3 saturated heterocycles. The van der Waals surface area contributed by atoms with Crippen LogP contribution in [-0.2, 0) is 0 Å². The molecule has 0 radical (unpaired) electrons. The summed E-state index contributed by atoms with van der Waals surface area (Å²) < 4.78 is 0.947. The lowest BCUT2D eigenvalue weighted by Gasteiger charge is -2.26. The Bertz CT molecular complexity index is 893. The molecule has 0 aliphatic carbocycles. The van der Waals surface area contributed by atoms with E-state index in [2.05, 4.69) is 15.6 Å². The minimum atomic E-state index is -0.143. The second kappa shape index (κ2) is 7.07. The SMILES string of the molecule is O=C(N[C@@H]1C[C@H]2CC[C@@H]1N2)c1cc2c(C(=O)N3CCSCC3)csc2cn1. The lowest BCUT2D eigenvalue weighted by Crippen LogP contribution is -2.43. The summed E-state index contributed by atoms with van der Waals surface area (Å²) in [6.45, 7) is 1.58. The predicted molar refractivity (Wildman–Crippen MR) is 109 cm³/mol. The van der Waals surface area contributed by atoms with Gasteiger partial charge in [-0.15, -0.1) is 11.3 Å². The third kappa shape index (κ3) is 3.23. The summed E-state index contributed by atoms with van der Waals surface area (Å²) >= 11 is 3.40. The molecular formula is C19H22N4O2S2. The largest absolute Gasteiger partial charge is 0.346 e. The highest BCUT2D eigenvalue weighted by molar-refractivity contribution is 7.99. The van der Waals surface area contributed by atoms with Crippen molar-refractivity contribution >= 4 is 45.0 Å². The third-order valence-electron chi connectivity index (χ3n) is 5.84. The second-order valence-electron chi connectivity index (χ2n) is 7.48. The van der Waals surface area contributed by atoms with E-state index in [0.717, 1.165) is 47.5 Å². The maximum Gasteiger partial charge on any atom is 0.270 e. The van der Waals surface area contributed by atoms with Crippen molar-refractivity contribution in [2.24, 2.45) is 0 Å². The molecule has 142 valence electrons. The average molecular weight is 403 g/mol. The minimum Gasteiger partial charge on any atom is -0.346 e. The first kappa shape index (κ1) is 17.5. The fourth-order valence-corrected chi connectivity index (χ4v) is 6.17. The van der Waals surface area contributed by atoms with Gasteiger partial charge < -0.3 is 15.5 Å². The van der Waals surface area contributed by atoms with Crippen molar-refractivity contribution in [1.29, 1.82) is 0 Å². The number of carbonyl (C=O) groups excluding carboxylic acids is 2. The van der Waals surface area contributed by atoms with E-state index < -0.39 is 0 Å². The zero-order valence-corrected chi connectivity index (χ0v) is 16.6. The molecule has 0 saturated carbocycles. The predicted octanol–water partition coefficient (Wildman–Crippen LogP) is 2.11. The summed E-state index contributed by atoms with van der Waals surface area (Å²) in [4.78, 5) is 31.9. The number of fused-ring (bicyclic) bond motifs is 3. The Morgan fingerprint density at radius 2 is 2.11 bits per heavy atom. The molecule has 2 aromatic rings. The Balaban J connectivity index is 1.37. The van der Waals surface area contributed by atoms with Crippen molar-refractivity contribution < 1.29 is 9.59 Å². The Hall–Kier alpha value is -1.64. The number of thioether (sulfide) groups is 1. The lowest BCUT2D eigenvalue weighted by molar-refractivity contribution is 0.0774. The Kier molecular flexibility index (Phi) is 4.57. The molecular weight excluding hydrogens is 380 g/mol. The van der Waals surface area contributed by atoms with Crippen LogP contribution in [0.5, 0.6) is 0 Å². The van der Waals surface area contributed by atoms with Gasteiger partial charge in [0, 0.05) is 59.7 Å². The van der Waals surface area contributed by atoms with E-state index in [1.807, 2.05) is 22.0 Å². The van der Waals surface area contributed by atoms with Crippen LogP contribution >= 0.6 is 23.1 Å². The van der Waals surface area contributed by atoms with E-state index in [9.17, 15) is 9.59 Å². The zero-order chi connectivity index (χ0) is 18.4. The molecule has 2 N–H and O–H groups in total. The number of nitrogens with zero attached hydrogens (tertiary/aromatic N) is 2. The van der Waals surface area contributed by atoms with Gasteiger partial charge in [-0.05, 0) is 25.3 Å². The highest BCUT2D eigenvalue weighted by Gasteiger charge is 2.39. The topological polar surface area (TPSA) is 74.3 Å². The van der Waals surface area contributed by atoms with E-state index in [1.165, 1.54) is 17.8 Å². The molecule has 3 aliphatic rings. The van der Waals surface area contributed by atoms with Crippen LogP contribution in [0.2, 0.25) is 0 Å². The number of amides is 2. The van der Waals surface area contributed by atoms with Crippen molar-refractivity contribution in [3.8, 4) is 0 Å². The molecule has 5 rings (SSSR count). The maximum absolute atomic E-state index is 12.9. The van der Waals surface area contributed by atoms with Gasteiger partial charge in [0.1, 0.15) is 5.69 Å². The molecule has 2 bridgehead atoms. The number of hydrogen-bond donors (Lipinski definition) is 2. The molecule has 0 unspecified atom stereocenters. The highest BCUT2D eigenvalue weighted by Crippen LogP contribution is 2.30. The molecule has 8 heteroatoms. The van der Waals surface area contributed by atoms with Crippen LogP contribution in [0.3, 0.4) is 0 Å². The van der Waals surface area contributed by atoms with E-state index in [1.54, 1.807) is 12.3 Å². The fraction of sp³-hybridized carbons (Fsp3) is 0.526. The van der Waals surface area contributed by atoms with Crippen molar-refractivity contribution in [2.45, 2.75) is 37.4 Å². The number of thiophene rings is 1. The quantitative estimate of drug-likeness (QED) is 0.823. The number of hydrogen-bond acceptors (Lipinski definition) is 6. The standard InChI is InChI=1S/C19H22N4O2S2/c24-18(22-15-7-11-1-2-14(15)21-11)16-8-12-13(10-27-17(12)9-20-16)19(25)23-3-5-26-6-4-23/h8-11,14-15,21H,1-7H2,(H,22,24)/t11-,14+,15-/m1/s1. The third-order valence-corrected chi connectivity index (χ3v) is 7.71. The van der Waals surface area contributed by atoms with Gasteiger partial charge in [0.2, 0.25) is 0 Å². The number of carbonyl (C=O) groups is 2. The number of pyridine rings is 1. The van der Waals surface area contributed by atoms with Crippen molar-refractivity contribution in [2.75, 3.05) is 24.6 Å². The maximum atomic E-state index is 12.9. The van der Waals surface area contributed by atoms with Crippen LogP contribution in [-0.4, -0.2) is 64.4 Å². The van der Waals surface area contributed by atoms with Crippen molar-refractivity contribution in [3.63, 3.8) is 0 Å². The minimum absolute atomic E-state index is 0.0661. The first-order valence-corrected chi connectivity index (χ1v) is 11.5. The molecule has 5 heterocycles. The molecule has 0 spiro atoms. The summed E-state index contributed by atoms with van der Waals surface area (Å²) in [6.07, 6.45) is 5.04. The van der Waals surface area contributed by atoms with Gasteiger partial charge in [-0.3, -0.25) is 9.59 Å². The molecule has 3 atom stereocenters. The number of nitrogens with one attached hydrogen (secondary N) is 2. The first-order valence-electron chi connectivity index (χ1n) is 9.50. The molecule has 3 aliphatic heterocycles. The van der Waals surface area contributed by atoms with Gasteiger partial charge in [-0.25, -0.2) is 4.98 Å². The summed E-state index contributed by atoms with van der Waals surface area (Å²) in [5.41, 5.74) is 1.09. The van der Waals surface area contributed by atoms with Gasteiger partial charge in [-0.1, -0.05) is 0 Å². The molecule has 2 amide bonds. The van der Waals surface area contributed by atoms with Crippen LogP contribution in [0.4, 0.5) is 0 Å². The molecule has 3 fully saturated rings. The number of aromatic nitrogens is 1. The van der Waals surface area contributed by atoms with Gasteiger partial charge in [-0.2, -0.15) is 11.8 Å². The average Bonchev–Trinajstić information content (AvgIpc) is 3.43. The van der Waals surface area contributed by atoms with E-state index in [4.69, 9.17) is 0 Å². The Labute approximate surface area is 166 Å². The van der Waals surface area contributed by atoms with Crippen LogP contribution in [0, 0.1) is 0 Å². The van der Waals surface area contributed by atoms with Crippen LogP contribution < -0.4 is 10.6 Å². The Morgan fingerprint density at radius 3 is 2.85 bits per heavy atom. The van der Waals surface area contributed by atoms with E-state index in [0.29, 0.717) is 23.3 Å². The van der Waals surface area contributed by atoms with Crippen LogP contribution in [0.15, 0.2) is 17.6 Å². The second-order valence-corrected chi connectivity index (χ2v) is 9.62. The van der Waals surface area contributed by atoms with Crippen LogP contribution in [0.25, 0.3) is 10.1 Å². The fourth-order valence-electron chi connectivity index (χ4n) is 4.39. The summed E-state index contributed by atoms with van der Waals surface area (Å²) in [7, 11) is 0. The van der Waals surface area contributed by atoms with Crippen molar-refractivity contribution in [1.82, 2.24) is 20.5 Å². The van der Waals surface area contributed by atoms with Crippen molar-refractivity contribution in [3.05, 3.63) is 28.9 Å². The number of rotatable bonds is 3. The molecule has 0 aromatic carbocycles. The molecule has 6 nitrogen and oxygen atoms in total. The van der Waals surface area contributed by atoms with Gasteiger partial charge >= 0.3 is 0 Å².